The third-order valence-electron chi connectivity index (χ3n) is 1.93. The van der Waals surface area contributed by atoms with Gasteiger partial charge in [0.05, 0.1) is 6.20 Å². The number of aromatic nitrogens is 3. The molecule has 0 radical (unpaired) electrons. The van der Waals surface area contributed by atoms with E-state index in [1.54, 1.807) is 23.0 Å². The number of aliphatic carboxylic acids is 1. The van der Waals surface area contributed by atoms with Gasteiger partial charge in [-0.15, -0.1) is 0 Å². The number of fused-ring (bicyclic) bond motifs is 1. The molecule has 6 nitrogen and oxygen atoms in total. The van der Waals surface area contributed by atoms with Gasteiger partial charge in [0.2, 0.25) is 5.88 Å². The molecule has 0 saturated carbocycles. The van der Waals surface area contributed by atoms with Crippen molar-refractivity contribution < 1.29 is 14.6 Å². The predicted molar refractivity (Wildman–Crippen MR) is 50.7 cm³/mol. The highest BCUT2D eigenvalue weighted by atomic mass is 16.5. The molecular weight excluding hydrogens is 198 g/mol. The molecule has 1 N–H and O–H groups in total. The number of hydrogen-bond acceptors (Lipinski definition) is 4. The SMILES string of the molecule is CC(Oc1nccn2nccc12)C(=O)O. The summed E-state index contributed by atoms with van der Waals surface area (Å²) in [4.78, 5) is 14.6. The highest BCUT2D eigenvalue weighted by molar-refractivity contribution is 5.72. The average molecular weight is 207 g/mol. The third-order valence-corrected chi connectivity index (χ3v) is 1.93. The van der Waals surface area contributed by atoms with E-state index < -0.39 is 12.1 Å². The van der Waals surface area contributed by atoms with E-state index >= 15 is 0 Å². The van der Waals surface area contributed by atoms with Crippen LogP contribution in [0.2, 0.25) is 0 Å². The van der Waals surface area contributed by atoms with Gasteiger partial charge in [0, 0.05) is 12.4 Å². The van der Waals surface area contributed by atoms with Crippen LogP contribution in [0.4, 0.5) is 0 Å². The van der Waals surface area contributed by atoms with E-state index in [-0.39, 0.29) is 5.88 Å². The molecule has 0 fully saturated rings. The highest BCUT2D eigenvalue weighted by Gasteiger charge is 2.15. The molecule has 0 spiro atoms. The van der Waals surface area contributed by atoms with E-state index in [2.05, 4.69) is 10.1 Å². The second-order valence-corrected chi connectivity index (χ2v) is 2.99. The molecule has 2 aromatic heterocycles. The van der Waals surface area contributed by atoms with E-state index in [0.29, 0.717) is 5.52 Å². The first-order valence-electron chi connectivity index (χ1n) is 4.36. The van der Waals surface area contributed by atoms with E-state index in [1.807, 2.05) is 0 Å². The quantitative estimate of drug-likeness (QED) is 0.796. The third kappa shape index (κ3) is 1.74. The van der Waals surface area contributed by atoms with E-state index in [0.717, 1.165) is 0 Å². The van der Waals surface area contributed by atoms with Crippen LogP contribution in [0.15, 0.2) is 24.7 Å². The summed E-state index contributed by atoms with van der Waals surface area (Å²) in [5.41, 5.74) is 0.644. The van der Waals surface area contributed by atoms with Crippen LogP contribution in [-0.4, -0.2) is 31.8 Å². The second-order valence-electron chi connectivity index (χ2n) is 2.99. The summed E-state index contributed by atoms with van der Waals surface area (Å²) < 4.78 is 6.74. The molecular formula is C9H9N3O3. The molecule has 1 unspecified atom stereocenters. The minimum absolute atomic E-state index is 0.268. The van der Waals surface area contributed by atoms with Crippen molar-refractivity contribution in [2.24, 2.45) is 0 Å². The predicted octanol–water partition coefficient (Wildman–Crippen LogP) is 0.581. The van der Waals surface area contributed by atoms with E-state index in [4.69, 9.17) is 9.84 Å². The second kappa shape index (κ2) is 3.56. The van der Waals surface area contributed by atoms with Gasteiger partial charge in [-0.2, -0.15) is 5.10 Å². The number of rotatable bonds is 3. The summed E-state index contributed by atoms with van der Waals surface area (Å²) in [6.45, 7) is 1.45. The largest absolute Gasteiger partial charge is 0.479 e. The molecule has 6 heteroatoms. The summed E-state index contributed by atoms with van der Waals surface area (Å²) in [7, 11) is 0. The molecule has 0 saturated heterocycles. The molecule has 0 aliphatic rings. The molecule has 0 bridgehead atoms. The fraction of sp³-hybridized carbons (Fsp3) is 0.222. The summed E-state index contributed by atoms with van der Waals surface area (Å²) >= 11 is 0. The minimum Gasteiger partial charge on any atom is -0.479 e. The van der Waals surface area contributed by atoms with Crippen molar-refractivity contribution in [2.45, 2.75) is 13.0 Å². The van der Waals surface area contributed by atoms with Gasteiger partial charge in [0.25, 0.3) is 0 Å². The molecule has 1 atom stereocenters. The Balaban J connectivity index is 2.35. The van der Waals surface area contributed by atoms with Crippen LogP contribution in [0.3, 0.4) is 0 Å². The Hall–Kier alpha value is -2.11. The van der Waals surface area contributed by atoms with Crippen molar-refractivity contribution in [3.05, 3.63) is 24.7 Å². The number of hydrogen-bond donors (Lipinski definition) is 1. The van der Waals surface area contributed by atoms with Gasteiger partial charge in [-0.3, -0.25) is 0 Å². The molecule has 2 rings (SSSR count). The van der Waals surface area contributed by atoms with E-state index in [9.17, 15) is 4.79 Å². The van der Waals surface area contributed by atoms with Crippen molar-refractivity contribution in [3.63, 3.8) is 0 Å². The Morgan fingerprint density at radius 2 is 2.40 bits per heavy atom. The molecule has 2 aromatic rings. The van der Waals surface area contributed by atoms with E-state index in [1.165, 1.54) is 13.1 Å². The van der Waals surface area contributed by atoms with Gasteiger partial charge in [0.1, 0.15) is 5.52 Å². The van der Waals surface area contributed by atoms with Gasteiger partial charge in [-0.05, 0) is 13.0 Å². The monoisotopic (exact) mass is 207 g/mol. The average Bonchev–Trinajstić information content (AvgIpc) is 2.66. The maximum atomic E-state index is 10.6. The van der Waals surface area contributed by atoms with Crippen molar-refractivity contribution in [2.75, 3.05) is 0 Å². The molecule has 0 amide bonds. The minimum atomic E-state index is -1.03. The van der Waals surface area contributed by atoms with Crippen molar-refractivity contribution in [1.29, 1.82) is 0 Å². The van der Waals surface area contributed by atoms with Gasteiger partial charge in [-0.25, -0.2) is 14.3 Å². The molecule has 15 heavy (non-hydrogen) atoms. The van der Waals surface area contributed by atoms with Crippen LogP contribution >= 0.6 is 0 Å². The summed E-state index contributed by atoms with van der Waals surface area (Å²) in [6.07, 6.45) is 3.82. The number of carboxylic acids is 1. The van der Waals surface area contributed by atoms with Crippen molar-refractivity contribution in [3.8, 4) is 5.88 Å². The van der Waals surface area contributed by atoms with Gasteiger partial charge < -0.3 is 9.84 Å². The first-order chi connectivity index (χ1) is 7.18. The van der Waals surface area contributed by atoms with Crippen LogP contribution in [0.25, 0.3) is 5.52 Å². The van der Waals surface area contributed by atoms with Crippen LogP contribution < -0.4 is 4.74 Å². The Kier molecular flexibility index (Phi) is 2.24. The first kappa shape index (κ1) is 9.45. The van der Waals surface area contributed by atoms with Gasteiger partial charge in [0.15, 0.2) is 6.10 Å². The molecule has 2 heterocycles. The Bertz CT molecular complexity index is 494. The zero-order valence-corrected chi connectivity index (χ0v) is 7.99. The Morgan fingerprint density at radius 1 is 1.60 bits per heavy atom. The first-order valence-corrected chi connectivity index (χ1v) is 4.36. The number of ether oxygens (including phenoxy) is 1. The lowest BCUT2D eigenvalue weighted by atomic mass is 10.4. The molecule has 0 aliphatic carbocycles. The number of carbonyl (C=O) groups is 1. The topological polar surface area (TPSA) is 76.7 Å². The normalized spacial score (nSPS) is 12.6. The molecule has 0 aliphatic heterocycles. The van der Waals surface area contributed by atoms with Gasteiger partial charge in [-0.1, -0.05) is 0 Å². The standard InChI is InChI=1S/C9H9N3O3/c1-6(9(13)14)15-8-7-2-3-11-12(7)5-4-10-8/h2-6H,1H3,(H,13,14). The zero-order chi connectivity index (χ0) is 10.8. The number of carboxylic acid groups (broad SMARTS) is 1. The lowest BCUT2D eigenvalue weighted by molar-refractivity contribution is -0.144. The van der Waals surface area contributed by atoms with Crippen LogP contribution in [0.1, 0.15) is 6.92 Å². The number of nitrogens with zero attached hydrogens (tertiary/aromatic N) is 3. The van der Waals surface area contributed by atoms with Crippen LogP contribution in [0, 0.1) is 0 Å². The Morgan fingerprint density at radius 3 is 3.13 bits per heavy atom. The maximum absolute atomic E-state index is 10.6. The fourth-order valence-corrected chi connectivity index (χ4v) is 1.14. The zero-order valence-electron chi connectivity index (χ0n) is 7.99. The highest BCUT2D eigenvalue weighted by Crippen LogP contribution is 2.16. The maximum Gasteiger partial charge on any atom is 0.344 e. The van der Waals surface area contributed by atoms with Crippen LogP contribution in [-0.2, 0) is 4.79 Å². The van der Waals surface area contributed by atoms with Crippen molar-refractivity contribution >= 4 is 11.5 Å². The van der Waals surface area contributed by atoms with Crippen molar-refractivity contribution in [1.82, 2.24) is 14.6 Å². The van der Waals surface area contributed by atoms with Crippen LogP contribution in [0.5, 0.6) is 5.88 Å². The summed E-state index contributed by atoms with van der Waals surface area (Å²) in [5.74, 6) is -0.761. The van der Waals surface area contributed by atoms with Gasteiger partial charge >= 0.3 is 5.97 Å². The lowest BCUT2D eigenvalue weighted by Gasteiger charge is -2.09. The summed E-state index contributed by atoms with van der Waals surface area (Å²) in [5, 5.41) is 12.7. The molecule has 78 valence electrons. The molecule has 0 aromatic carbocycles. The lowest BCUT2D eigenvalue weighted by Crippen LogP contribution is -2.23. The fourth-order valence-electron chi connectivity index (χ4n) is 1.14. The summed E-state index contributed by atoms with van der Waals surface area (Å²) in [6, 6.07) is 1.71. The Labute approximate surface area is 85.1 Å². The smallest absolute Gasteiger partial charge is 0.344 e.